The Hall–Kier alpha value is -3.99. The molecule has 1 unspecified atom stereocenters. The molecule has 0 aliphatic carbocycles. The number of benzene rings is 1. The van der Waals surface area contributed by atoms with E-state index in [1.54, 1.807) is 36.5 Å². The topological polar surface area (TPSA) is 108 Å². The number of carbonyl (C=O) groups excluding carboxylic acids is 4. The highest BCUT2D eigenvalue weighted by Crippen LogP contribution is 2.28. The van der Waals surface area contributed by atoms with Gasteiger partial charge in [-0.25, -0.2) is 4.98 Å². The van der Waals surface area contributed by atoms with Crippen LogP contribution in [0.25, 0.3) is 0 Å². The van der Waals surface area contributed by atoms with Crippen LogP contribution in [-0.4, -0.2) is 39.6 Å². The van der Waals surface area contributed by atoms with Gasteiger partial charge >= 0.3 is 0 Å². The molecule has 0 saturated carbocycles. The molecule has 1 aromatic carbocycles. The van der Waals surface area contributed by atoms with E-state index < -0.39 is 17.9 Å². The van der Waals surface area contributed by atoms with Gasteiger partial charge in [0.25, 0.3) is 11.8 Å². The van der Waals surface area contributed by atoms with Crippen LogP contribution < -0.4 is 10.6 Å². The van der Waals surface area contributed by atoms with Gasteiger partial charge in [-0.2, -0.15) is 0 Å². The number of carbonyl (C=O) groups is 4. The van der Waals surface area contributed by atoms with E-state index in [1.165, 1.54) is 4.90 Å². The molecule has 2 N–H and O–H groups in total. The summed E-state index contributed by atoms with van der Waals surface area (Å²) in [5, 5.41) is 5.00. The van der Waals surface area contributed by atoms with Crippen molar-refractivity contribution in [3.05, 3.63) is 65.0 Å². The van der Waals surface area contributed by atoms with Crippen molar-refractivity contribution in [2.24, 2.45) is 0 Å². The number of fused-ring (bicyclic) bond motifs is 1. The molecule has 2 aliphatic heterocycles. The maximum Gasteiger partial charge on any atom is 0.296 e. The molecule has 8 heteroatoms. The highest BCUT2D eigenvalue weighted by atomic mass is 16.2. The zero-order chi connectivity index (χ0) is 21.1. The minimum absolute atomic E-state index is 0.216. The van der Waals surface area contributed by atoms with Gasteiger partial charge in [-0.3, -0.25) is 24.5 Å². The van der Waals surface area contributed by atoms with Gasteiger partial charge in [-0.05, 0) is 41.7 Å². The number of aromatic nitrogens is 1. The number of pyridine rings is 1. The largest absolute Gasteiger partial charge is 0.341 e. The van der Waals surface area contributed by atoms with Crippen molar-refractivity contribution >= 4 is 23.6 Å². The second-order valence-corrected chi connectivity index (χ2v) is 7.04. The Balaban J connectivity index is 1.39. The highest BCUT2D eigenvalue weighted by molar-refractivity contribution is 6.05. The van der Waals surface area contributed by atoms with Crippen LogP contribution in [0.5, 0.6) is 0 Å². The van der Waals surface area contributed by atoms with Crippen molar-refractivity contribution in [2.75, 3.05) is 0 Å². The van der Waals surface area contributed by atoms with Crippen molar-refractivity contribution in [2.45, 2.75) is 32.0 Å². The first-order valence-corrected chi connectivity index (χ1v) is 9.48. The minimum atomic E-state index is -0.646. The summed E-state index contributed by atoms with van der Waals surface area (Å²) in [7, 11) is 0. The third kappa shape index (κ3) is 4.05. The third-order valence-corrected chi connectivity index (χ3v) is 5.01. The fourth-order valence-corrected chi connectivity index (χ4v) is 3.52. The van der Waals surface area contributed by atoms with Gasteiger partial charge in [0.05, 0.1) is 0 Å². The van der Waals surface area contributed by atoms with Crippen LogP contribution in [0.2, 0.25) is 0 Å². The normalized spacial score (nSPS) is 17.7. The van der Waals surface area contributed by atoms with E-state index in [1.807, 2.05) is 6.07 Å². The molecule has 8 nitrogen and oxygen atoms in total. The van der Waals surface area contributed by atoms with E-state index in [0.29, 0.717) is 24.2 Å². The van der Waals surface area contributed by atoms with Crippen molar-refractivity contribution in [3.63, 3.8) is 0 Å². The summed E-state index contributed by atoms with van der Waals surface area (Å²) in [6.45, 7) is 0.553. The van der Waals surface area contributed by atoms with E-state index >= 15 is 0 Å². The predicted molar refractivity (Wildman–Crippen MR) is 105 cm³/mol. The van der Waals surface area contributed by atoms with Crippen LogP contribution in [0, 0.1) is 11.8 Å². The summed E-state index contributed by atoms with van der Waals surface area (Å²) in [6.07, 6.45) is 2.14. The van der Waals surface area contributed by atoms with Crippen LogP contribution in [0.3, 0.4) is 0 Å². The van der Waals surface area contributed by atoms with Crippen molar-refractivity contribution < 1.29 is 19.2 Å². The quantitative estimate of drug-likeness (QED) is 0.575. The Morgan fingerprint density at radius 1 is 1.23 bits per heavy atom. The fourth-order valence-electron chi connectivity index (χ4n) is 3.52. The number of amides is 4. The molecule has 150 valence electrons. The average Bonchev–Trinajstić information content (AvgIpc) is 3.07. The molecule has 0 spiro atoms. The van der Waals surface area contributed by atoms with Gasteiger partial charge < -0.3 is 10.2 Å². The lowest BCUT2D eigenvalue weighted by Gasteiger charge is -2.29. The highest BCUT2D eigenvalue weighted by Gasteiger charge is 2.38. The fraction of sp³-hybridized carbons (Fsp3) is 0.227. The summed E-state index contributed by atoms with van der Waals surface area (Å²) in [5.74, 6) is 3.77. The zero-order valence-corrected chi connectivity index (χ0v) is 16.0. The van der Waals surface area contributed by atoms with Gasteiger partial charge in [-0.1, -0.05) is 18.2 Å². The Labute approximate surface area is 172 Å². The molecule has 2 aliphatic rings. The standard InChI is InChI=1S/C22H18N4O4/c27-19(8-5-16-3-1-2-10-23-16)24-12-14-4-6-17-15(11-14)13-26(22(17)30)18-7-9-20(28)25-21(18)29/h1-4,6,10-11,18H,7,9,12-13H2,(H,24,27)(H,25,28,29). The molecule has 4 rings (SSSR count). The first-order valence-electron chi connectivity index (χ1n) is 9.48. The van der Waals surface area contributed by atoms with Crippen molar-refractivity contribution in [1.82, 2.24) is 20.5 Å². The van der Waals surface area contributed by atoms with E-state index in [0.717, 1.165) is 11.1 Å². The smallest absolute Gasteiger partial charge is 0.296 e. The van der Waals surface area contributed by atoms with Gasteiger partial charge in [0.1, 0.15) is 11.7 Å². The molecule has 30 heavy (non-hydrogen) atoms. The Bertz CT molecular complexity index is 1100. The van der Waals surface area contributed by atoms with E-state index in [-0.39, 0.29) is 24.8 Å². The first-order chi connectivity index (χ1) is 14.5. The molecule has 0 bridgehead atoms. The lowest BCUT2D eigenvalue weighted by molar-refractivity contribution is -0.137. The number of rotatable bonds is 3. The zero-order valence-electron chi connectivity index (χ0n) is 16.0. The number of nitrogens with one attached hydrogen (secondary N) is 2. The summed E-state index contributed by atoms with van der Waals surface area (Å²) in [6, 6.07) is 9.93. The molecule has 1 fully saturated rings. The molecule has 3 heterocycles. The van der Waals surface area contributed by atoms with E-state index in [9.17, 15) is 19.2 Å². The second-order valence-electron chi connectivity index (χ2n) is 7.04. The monoisotopic (exact) mass is 402 g/mol. The van der Waals surface area contributed by atoms with E-state index in [4.69, 9.17) is 0 Å². The summed E-state index contributed by atoms with van der Waals surface area (Å²) in [5.41, 5.74) is 2.65. The maximum absolute atomic E-state index is 12.7. The third-order valence-electron chi connectivity index (χ3n) is 5.01. The van der Waals surface area contributed by atoms with Gasteiger partial charge in [0, 0.05) is 37.2 Å². The number of hydrogen-bond donors (Lipinski definition) is 2. The number of imide groups is 1. The van der Waals surface area contributed by atoms with Crippen LogP contribution in [0.4, 0.5) is 0 Å². The SMILES string of the molecule is O=C(C#Cc1ccccn1)NCc1ccc2c(c1)CN(C1CCC(=O)NC1=O)C2=O. The molecule has 2 aromatic rings. The molecule has 0 radical (unpaired) electrons. The summed E-state index contributed by atoms with van der Waals surface area (Å²) >= 11 is 0. The second kappa shape index (κ2) is 8.17. The number of nitrogens with zero attached hydrogens (tertiary/aromatic N) is 2. The van der Waals surface area contributed by atoms with Gasteiger partial charge in [-0.15, -0.1) is 0 Å². The molecule has 1 aromatic heterocycles. The lowest BCUT2D eigenvalue weighted by Crippen LogP contribution is -2.52. The lowest BCUT2D eigenvalue weighted by atomic mass is 10.0. The van der Waals surface area contributed by atoms with E-state index in [2.05, 4.69) is 27.5 Å². The summed E-state index contributed by atoms with van der Waals surface area (Å²) < 4.78 is 0. The van der Waals surface area contributed by atoms with Crippen LogP contribution in [0.15, 0.2) is 42.6 Å². The number of piperidine rings is 1. The van der Waals surface area contributed by atoms with Crippen LogP contribution in [0.1, 0.15) is 40.0 Å². The van der Waals surface area contributed by atoms with Gasteiger partial charge in [0.15, 0.2) is 0 Å². The van der Waals surface area contributed by atoms with Gasteiger partial charge in [0.2, 0.25) is 11.8 Å². The Kier molecular flexibility index (Phi) is 5.26. The molecule has 4 amide bonds. The van der Waals surface area contributed by atoms with Crippen LogP contribution >= 0.6 is 0 Å². The average molecular weight is 402 g/mol. The molecule has 1 atom stereocenters. The molecular formula is C22H18N4O4. The summed E-state index contributed by atoms with van der Waals surface area (Å²) in [4.78, 5) is 53.6. The van der Waals surface area contributed by atoms with Crippen molar-refractivity contribution in [3.8, 4) is 11.8 Å². The minimum Gasteiger partial charge on any atom is -0.341 e. The van der Waals surface area contributed by atoms with Crippen LogP contribution in [-0.2, 0) is 27.5 Å². The molecular weight excluding hydrogens is 384 g/mol. The first kappa shape index (κ1) is 19.3. The van der Waals surface area contributed by atoms with Crippen molar-refractivity contribution in [1.29, 1.82) is 0 Å². The predicted octanol–water partition coefficient (Wildman–Crippen LogP) is 0.510. The Morgan fingerprint density at radius 2 is 2.10 bits per heavy atom. The number of hydrogen-bond acceptors (Lipinski definition) is 5. The molecule has 1 saturated heterocycles. The Morgan fingerprint density at radius 3 is 2.87 bits per heavy atom. The maximum atomic E-state index is 12.7.